The van der Waals surface area contributed by atoms with Gasteiger partial charge in [0.1, 0.15) is 5.78 Å². The van der Waals surface area contributed by atoms with Gasteiger partial charge in [-0.25, -0.2) is 0 Å². The zero-order chi connectivity index (χ0) is 16.7. The number of rotatable bonds is 9. The van der Waals surface area contributed by atoms with E-state index < -0.39 is 12.1 Å². The fourth-order valence-electron chi connectivity index (χ4n) is 2.48. The quantitative estimate of drug-likeness (QED) is 0.735. The fourth-order valence-corrected chi connectivity index (χ4v) is 2.48. The molecule has 0 aliphatic carbocycles. The van der Waals surface area contributed by atoms with Crippen molar-refractivity contribution in [1.82, 2.24) is 0 Å². The van der Waals surface area contributed by atoms with Gasteiger partial charge in [0.2, 0.25) is 0 Å². The molecule has 0 radical (unpaired) electrons. The summed E-state index contributed by atoms with van der Waals surface area (Å²) in [5.74, 6) is -1.16. The van der Waals surface area contributed by atoms with E-state index in [0.717, 1.165) is 17.5 Å². The molecule has 122 valence electrons. The third-order valence-electron chi connectivity index (χ3n) is 3.85. The first-order chi connectivity index (χ1) is 10.3. The maximum atomic E-state index is 12.1. The number of hydrogen-bond acceptors (Lipinski definition) is 3. The number of Topliss-reactive ketones (excluding diaryl/α,β-unsaturated/α-hetero) is 1. The SMILES string of the molecule is CC(C)C(=O)C(Cc1ccc(CCCC(=O)O)cc1)C(C)O. The minimum Gasteiger partial charge on any atom is -0.481 e. The Bertz CT molecular complexity index is 488. The monoisotopic (exact) mass is 306 g/mol. The molecule has 0 fully saturated rings. The summed E-state index contributed by atoms with van der Waals surface area (Å²) >= 11 is 0. The van der Waals surface area contributed by atoms with Gasteiger partial charge in [0.15, 0.2) is 0 Å². The smallest absolute Gasteiger partial charge is 0.303 e. The molecule has 1 rings (SSSR count). The Balaban J connectivity index is 2.65. The molecule has 0 aromatic heterocycles. The lowest BCUT2D eigenvalue weighted by Crippen LogP contribution is -2.31. The first kappa shape index (κ1) is 18.4. The van der Waals surface area contributed by atoms with Crippen LogP contribution in [0.2, 0.25) is 0 Å². The van der Waals surface area contributed by atoms with E-state index in [1.54, 1.807) is 6.92 Å². The number of aliphatic hydroxyl groups is 1. The van der Waals surface area contributed by atoms with Crippen LogP contribution in [-0.4, -0.2) is 28.1 Å². The first-order valence-corrected chi connectivity index (χ1v) is 7.82. The molecule has 2 N–H and O–H groups in total. The second-order valence-corrected chi connectivity index (χ2v) is 6.17. The van der Waals surface area contributed by atoms with E-state index in [4.69, 9.17) is 5.11 Å². The lowest BCUT2D eigenvalue weighted by atomic mass is 9.86. The Morgan fingerprint density at radius 1 is 1.05 bits per heavy atom. The topological polar surface area (TPSA) is 74.6 Å². The van der Waals surface area contributed by atoms with Gasteiger partial charge in [-0.05, 0) is 37.3 Å². The van der Waals surface area contributed by atoms with Crippen LogP contribution in [0, 0.1) is 11.8 Å². The third-order valence-corrected chi connectivity index (χ3v) is 3.85. The summed E-state index contributed by atoms with van der Waals surface area (Å²) in [5.41, 5.74) is 2.11. The lowest BCUT2D eigenvalue weighted by molar-refractivity contribution is -0.137. The number of aliphatic hydroxyl groups excluding tert-OH is 1. The van der Waals surface area contributed by atoms with Gasteiger partial charge in [-0.3, -0.25) is 9.59 Å². The highest BCUT2D eigenvalue weighted by Crippen LogP contribution is 2.19. The Morgan fingerprint density at radius 2 is 1.59 bits per heavy atom. The highest BCUT2D eigenvalue weighted by molar-refractivity contribution is 5.83. The highest BCUT2D eigenvalue weighted by Gasteiger charge is 2.25. The number of carboxylic acid groups (broad SMARTS) is 1. The van der Waals surface area contributed by atoms with Gasteiger partial charge in [0.05, 0.1) is 6.10 Å². The third kappa shape index (κ3) is 5.98. The van der Waals surface area contributed by atoms with Crippen molar-refractivity contribution in [1.29, 1.82) is 0 Å². The van der Waals surface area contributed by atoms with Gasteiger partial charge in [0.25, 0.3) is 0 Å². The van der Waals surface area contributed by atoms with Crippen LogP contribution in [-0.2, 0) is 22.4 Å². The maximum Gasteiger partial charge on any atom is 0.303 e. The van der Waals surface area contributed by atoms with Crippen molar-refractivity contribution in [3.8, 4) is 0 Å². The van der Waals surface area contributed by atoms with Gasteiger partial charge in [0, 0.05) is 18.3 Å². The van der Waals surface area contributed by atoms with Crippen molar-refractivity contribution in [2.45, 2.75) is 52.6 Å². The van der Waals surface area contributed by atoms with Crippen LogP contribution in [0.5, 0.6) is 0 Å². The summed E-state index contributed by atoms with van der Waals surface area (Å²) in [6.07, 6.45) is 1.40. The van der Waals surface area contributed by atoms with Crippen LogP contribution in [0.15, 0.2) is 24.3 Å². The number of aliphatic carboxylic acids is 1. The maximum absolute atomic E-state index is 12.1. The predicted molar refractivity (Wildman–Crippen MR) is 85.7 cm³/mol. The second-order valence-electron chi connectivity index (χ2n) is 6.17. The fraction of sp³-hybridized carbons (Fsp3) is 0.556. The van der Waals surface area contributed by atoms with E-state index in [0.29, 0.717) is 12.8 Å². The standard InChI is InChI=1S/C18H26O4/c1-12(2)18(22)16(13(3)19)11-15-9-7-14(8-10-15)5-4-6-17(20)21/h7-10,12-13,16,19H,4-6,11H2,1-3H3,(H,20,21). The Morgan fingerprint density at radius 3 is 2.05 bits per heavy atom. The average molecular weight is 306 g/mol. The highest BCUT2D eigenvalue weighted by atomic mass is 16.4. The second kappa shape index (κ2) is 8.69. The van der Waals surface area contributed by atoms with E-state index in [9.17, 15) is 14.7 Å². The molecule has 2 unspecified atom stereocenters. The van der Waals surface area contributed by atoms with E-state index in [2.05, 4.69) is 0 Å². The number of ketones is 1. The summed E-state index contributed by atoms with van der Waals surface area (Å²) in [5, 5.41) is 18.5. The van der Waals surface area contributed by atoms with Crippen LogP contribution in [0.3, 0.4) is 0 Å². The van der Waals surface area contributed by atoms with E-state index in [1.165, 1.54) is 0 Å². The van der Waals surface area contributed by atoms with Crippen LogP contribution in [0.4, 0.5) is 0 Å². The van der Waals surface area contributed by atoms with Crippen molar-refractivity contribution in [2.75, 3.05) is 0 Å². The van der Waals surface area contributed by atoms with Crippen LogP contribution < -0.4 is 0 Å². The molecule has 0 saturated heterocycles. The largest absolute Gasteiger partial charge is 0.481 e. The molecular weight excluding hydrogens is 280 g/mol. The summed E-state index contributed by atoms with van der Waals surface area (Å²) in [6, 6.07) is 7.85. The molecule has 0 spiro atoms. The number of benzene rings is 1. The van der Waals surface area contributed by atoms with Crippen LogP contribution >= 0.6 is 0 Å². The molecule has 2 atom stereocenters. The first-order valence-electron chi connectivity index (χ1n) is 7.82. The number of hydrogen-bond donors (Lipinski definition) is 2. The van der Waals surface area contributed by atoms with Crippen LogP contribution in [0.25, 0.3) is 0 Å². The van der Waals surface area contributed by atoms with E-state index in [-0.39, 0.29) is 24.0 Å². The van der Waals surface area contributed by atoms with Gasteiger partial charge in [-0.1, -0.05) is 38.1 Å². The summed E-state index contributed by atoms with van der Waals surface area (Å²) in [7, 11) is 0. The van der Waals surface area contributed by atoms with Crippen LogP contribution in [0.1, 0.15) is 44.7 Å². The lowest BCUT2D eigenvalue weighted by Gasteiger charge is -2.21. The van der Waals surface area contributed by atoms with Gasteiger partial charge in [-0.15, -0.1) is 0 Å². The molecule has 0 aliphatic heterocycles. The zero-order valence-corrected chi connectivity index (χ0v) is 13.6. The van der Waals surface area contributed by atoms with Gasteiger partial charge >= 0.3 is 5.97 Å². The molecule has 1 aromatic carbocycles. The number of carbonyl (C=O) groups excluding carboxylic acids is 1. The van der Waals surface area contributed by atoms with E-state index >= 15 is 0 Å². The number of carboxylic acids is 1. The van der Waals surface area contributed by atoms with Crippen molar-refractivity contribution >= 4 is 11.8 Å². The molecule has 0 amide bonds. The number of carbonyl (C=O) groups is 2. The van der Waals surface area contributed by atoms with E-state index in [1.807, 2.05) is 38.1 Å². The predicted octanol–water partition coefficient (Wildman–Crippen LogP) is 2.86. The minimum atomic E-state index is -0.774. The van der Waals surface area contributed by atoms with Crippen molar-refractivity contribution < 1.29 is 19.8 Å². The molecular formula is C18H26O4. The molecule has 0 aliphatic rings. The molecule has 22 heavy (non-hydrogen) atoms. The zero-order valence-electron chi connectivity index (χ0n) is 13.6. The number of aryl methyl sites for hydroxylation is 1. The molecule has 0 saturated carbocycles. The normalized spacial score (nSPS) is 13.9. The van der Waals surface area contributed by atoms with Gasteiger partial charge < -0.3 is 10.2 Å². The van der Waals surface area contributed by atoms with Crippen molar-refractivity contribution in [3.63, 3.8) is 0 Å². The molecule has 0 heterocycles. The Labute approximate surface area is 132 Å². The molecule has 1 aromatic rings. The summed E-state index contributed by atoms with van der Waals surface area (Å²) in [6.45, 7) is 5.36. The Hall–Kier alpha value is -1.68. The summed E-state index contributed by atoms with van der Waals surface area (Å²) < 4.78 is 0. The summed E-state index contributed by atoms with van der Waals surface area (Å²) in [4.78, 5) is 22.6. The molecule has 4 nitrogen and oxygen atoms in total. The van der Waals surface area contributed by atoms with Crippen molar-refractivity contribution in [2.24, 2.45) is 11.8 Å². The average Bonchev–Trinajstić information content (AvgIpc) is 2.44. The molecule has 0 bridgehead atoms. The van der Waals surface area contributed by atoms with Gasteiger partial charge in [-0.2, -0.15) is 0 Å². The minimum absolute atomic E-state index is 0.0838. The Kier molecular flexibility index (Phi) is 7.25. The van der Waals surface area contributed by atoms with Crippen molar-refractivity contribution in [3.05, 3.63) is 35.4 Å². The molecule has 4 heteroatoms.